The molecule has 1 rings (SSSR count). The molecule has 1 aromatic carbocycles. The van der Waals surface area contributed by atoms with Gasteiger partial charge in [-0.05, 0) is 51.0 Å². The highest BCUT2D eigenvalue weighted by atomic mass is 19.3. The second-order valence-corrected chi connectivity index (χ2v) is 6.28. The van der Waals surface area contributed by atoms with Crippen LogP contribution >= 0.6 is 0 Å². The Hall–Kier alpha value is -1.20. The smallest absolute Gasteiger partial charge is 0.255 e. The predicted molar refractivity (Wildman–Crippen MR) is 83.1 cm³/mol. The van der Waals surface area contributed by atoms with Crippen LogP contribution in [0.3, 0.4) is 0 Å². The molecular weight excluding hydrogens is 274 g/mol. The van der Waals surface area contributed by atoms with Crippen LogP contribution in [-0.4, -0.2) is 36.8 Å². The summed E-state index contributed by atoms with van der Waals surface area (Å²) in [6.45, 7) is 8.72. The summed E-state index contributed by atoms with van der Waals surface area (Å²) in [7, 11) is 0. The summed E-state index contributed by atoms with van der Waals surface area (Å²) < 4.78 is 25.2. The van der Waals surface area contributed by atoms with E-state index < -0.39 is 6.43 Å². The molecule has 0 heterocycles. The van der Waals surface area contributed by atoms with Gasteiger partial charge in [0.1, 0.15) is 0 Å². The Morgan fingerprint density at radius 1 is 1.29 bits per heavy atom. The Bertz CT molecular complexity index is 444. The molecule has 0 spiro atoms. The van der Waals surface area contributed by atoms with Crippen LogP contribution in [0.25, 0.3) is 0 Å². The number of rotatable bonds is 7. The molecular formula is C16H26F2N2O. The lowest BCUT2D eigenvalue weighted by molar-refractivity contribution is 0.153. The van der Waals surface area contributed by atoms with Crippen molar-refractivity contribution in [2.24, 2.45) is 0 Å². The Morgan fingerprint density at radius 2 is 1.95 bits per heavy atom. The molecule has 2 N–H and O–H groups in total. The zero-order valence-electron chi connectivity index (χ0n) is 13.3. The van der Waals surface area contributed by atoms with E-state index in [1.54, 1.807) is 0 Å². The minimum Gasteiger partial charge on any atom is -0.395 e. The molecule has 1 aromatic rings. The van der Waals surface area contributed by atoms with E-state index in [1.165, 1.54) is 4.90 Å². The minimum atomic E-state index is -2.42. The van der Waals surface area contributed by atoms with Gasteiger partial charge in [0.15, 0.2) is 0 Å². The van der Waals surface area contributed by atoms with E-state index in [2.05, 4.69) is 26.1 Å². The summed E-state index contributed by atoms with van der Waals surface area (Å²) in [6, 6.07) is 5.70. The monoisotopic (exact) mass is 300 g/mol. The summed E-state index contributed by atoms with van der Waals surface area (Å²) in [4.78, 5) is 1.51. The van der Waals surface area contributed by atoms with Crippen molar-refractivity contribution in [2.75, 3.05) is 24.6 Å². The lowest BCUT2D eigenvalue weighted by Gasteiger charge is -2.25. The SMILES string of the molecule is Cc1cc(N(CCO)CC(F)F)ccc1CNC(C)(C)C. The van der Waals surface area contributed by atoms with Crippen LogP contribution in [0.15, 0.2) is 18.2 Å². The summed E-state index contributed by atoms with van der Waals surface area (Å²) in [6.07, 6.45) is -2.42. The van der Waals surface area contributed by atoms with Crippen LogP contribution in [0.2, 0.25) is 0 Å². The molecule has 0 aliphatic carbocycles. The van der Waals surface area contributed by atoms with Gasteiger partial charge >= 0.3 is 0 Å². The Morgan fingerprint density at radius 3 is 2.43 bits per heavy atom. The summed E-state index contributed by atoms with van der Waals surface area (Å²) in [5.41, 5.74) is 2.96. The van der Waals surface area contributed by atoms with Crippen LogP contribution in [-0.2, 0) is 6.54 Å². The molecule has 3 nitrogen and oxygen atoms in total. The number of aryl methyl sites for hydroxylation is 1. The molecule has 0 aliphatic rings. The minimum absolute atomic E-state index is 0.0315. The first kappa shape index (κ1) is 17.9. The molecule has 0 amide bonds. The number of hydrogen-bond acceptors (Lipinski definition) is 3. The summed E-state index contributed by atoms with van der Waals surface area (Å²) in [5.74, 6) is 0. The van der Waals surface area contributed by atoms with E-state index in [0.717, 1.165) is 23.4 Å². The largest absolute Gasteiger partial charge is 0.395 e. The number of aliphatic hydroxyl groups excluding tert-OH is 1. The fourth-order valence-electron chi connectivity index (χ4n) is 2.05. The van der Waals surface area contributed by atoms with Crippen LogP contribution in [0.4, 0.5) is 14.5 Å². The van der Waals surface area contributed by atoms with E-state index in [1.807, 2.05) is 25.1 Å². The van der Waals surface area contributed by atoms with Crippen molar-refractivity contribution in [3.8, 4) is 0 Å². The topological polar surface area (TPSA) is 35.5 Å². The van der Waals surface area contributed by atoms with Gasteiger partial charge in [-0.1, -0.05) is 6.07 Å². The van der Waals surface area contributed by atoms with Crippen LogP contribution in [0.5, 0.6) is 0 Å². The predicted octanol–water partition coefficient (Wildman–Crippen LogP) is 2.95. The average molecular weight is 300 g/mol. The highest BCUT2D eigenvalue weighted by Crippen LogP contribution is 2.20. The Balaban J connectivity index is 2.83. The highest BCUT2D eigenvalue weighted by Gasteiger charge is 2.14. The number of nitrogens with one attached hydrogen (secondary N) is 1. The quantitative estimate of drug-likeness (QED) is 0.812. The van der Waals surface area contributed by atoms with Crippen molar-refractivity contribution in [1.82, 2.24) is 5.32 Å². The maximum absolute atomic E-state index is 12.6. The van der Waals surface area contributed by atoms with E-state index in [9.17, 15) is 8.78 Å². The molecule has 0 fully saturated rings. The summed E-state index contributed by atoms with van der Waals surface area (Å²) >= 11 is 0. The molecule has 0 aromatic heterocycles. The second-order valence-electron chi connectivity index (χ2n) is 6.28. The van der Waals surface area contributed by atoms with Crippen molar-refractivity contribution < 1.29 is 13.9 Å². The molecule has 0 saturated heterocycles. The zero-order valence-corrected chi connectivity index (χ0v) is 13.3. The number of anilines is 1. The van der Waals surface area contributed by atoms with Gasteiger partial charge in [0.2, 0.25) is 0 Å². The molecule has 0 radical (unpaired) electrons. The van der Waals surface area contributed by atoms with Crippen LogP contribution < -0.4 is 10.2 Å². The van der Waals surface area contributed by atoms with Gasteiger partial charge in [-0.25, -0.2) is 8.78 Å². The fraction of sp³-hybridized carbons (Fsp3) is 0.625. The van der Waals surface area contributed by atoms with Crippen molar-refractivity contribution in [3.05, 3.63) is 29.3 Å². The number of aliphatic hydroxyl groups is 1. The van der Waals surface area contributed by atoms with E-state index in [4.69, 9.17) is 5.11 Å². The van der Waals surface area contributed by atoms with Gasteiger partial charge in [0.05, 0.1) is 13.2 Å². The lowest BCUT2D eigenvalue weighted by Crippen LogP contribution is -2.35. The van der Waals surface area contributed by atoms with Gasteiger partial charge < -0.3 is 15.3 Å². The first-order valence-electron chi connectivity index (χ1n) is 7.21. The van der Waals surface area contributed by atoms with Gasteiger partial charge in [-0.2, -0.15) is 0 Å². The highest BCUT2D eigenvalue weighted by molar-refractivity contribution is 5.51. The molecule has 0 bridgehead atoms. The fourth-order valence-corrected chi connectivity index (χ4v) is 2.05. The molecule has 21 heavy (non-hydrogen) atoms. The van der Waals surface area contributed by atoms with E-state index >= 15 is 0 Å². The lowest BCUT2D eigenvalue weighted by atomic mass is 10.0. The summed E-state index contributed by atoms with van der Waals surface area (Å²) in [5, 5.41) is 12.4. The molecule has 0 atom stereocenters. The first-order valence-corrected chi connectivity index (χ1v) is 7.21. The number of alkyl halides is 2. The molecule has 0 saturated carbocycles. The van der Waals surface area contributed by atoms with Gasteiger partial charge in [-0.3, -0.25) is 0 Å². The van der Waals surface area contributed by atoms with Gasteiger partial charge in [0.25, 0.3) is 6.43 Å². The number of benzene rings is 1. The Labute approximate surface area is 126 Å². The normalized spacial score (nSPS) is 12.0. The van der Waals surface area contributed by atoms with Crippen LogP contribution in [0.1, 0.15) is 31.9 Å². The zero-order chi connectivity index (χ0) is 16.0. The number of hydrogen-bond donors (Lipinski definition) is 2. The Kier molecular flexibility index (Phi) is 6.55. The van der Waals surface area contributed by atoms with Gasteiger partial charge in [0, 0.05) is 24.3 Å². The molecule has 0 unspecified atom stereocenters. The maximum Gasteiger partial charge on any atom is 0.255 e. The number of nitrogens with zero attached hydrogens (tertiary/aromatic N) is 1. The van der Waals surface area contributed by atoms with Crippen molar-refractivity contribution in [1.29, 1.82) is 0 Å². The molecule has 5 heteroatoms. The third kappa shape index (κ3) is 6.40. The van der Waals surface area contributed by atoms with Crippen LogP contribution in [0, 0.1) is 6.92 Å². The standard InChI is InChI=1S/C16H26F2N2O/c1-12-9-14(20(7-8-21)11-15(17)18)6-5-13(12)10-19-16(2,3)4/h5-6,9,15,19,21H,7-8,10-11H2,1-4H3. The van der Waals surface area contributed by atoms with Crippen molar-refractivity contribution >= 4 is 5.69 Å². The second kappa shape index (κ2) is 7.71. The molecule has 0 aliphatic heterocycles. The van der Waals surface area contributed by atoms with E-state index in [0.29, 0.717) is 0 Å². The third-order valence-electron chi connectivity index (χ3n) is 3.23. The molecule has 120 valence electrons. The number of halogens is 2. The first-order chi connectivity index (χ1) is 9.73. The van der Waals surface area contributed by atoms with Crippen molar-refractivity contribution in [2.45, 2.75) is 46.2 Å². The third-order valence-corrected chi connectivity index (χ3v) is 3.23. The van der Waals surface area contributed by atoms with Gasteiger partial charge in [-0.15, -0.1) is 0 Å². The average Bonchev–Trinajstić information content (AvgIpc) is 2.35. The van der Waals surface area contributed by atoms with Crippen molar-refractivity contribution in [3.63, 3.8) is 0 Å². The maximum atomic E-state index is 12.6. The van der Waals surface area contributed by atoms with E-state index in [-0.39, 0.29) is 25.2 Å².